The molecule has 1 aromatic heterocycles. The lowest BCUT2D eigenvalue weighted by molar-refractivity contribution is 0.118. The summed E-state index contributed by atoms with van der Waals surface area (Å²) in [6.07, 6.45) is 8.11. The first-order chi connectivity index (χ1) is 8.72. The Hall–Kier alpha value is -1.09. The Morgan fingerprint density at radius 1 is 1.44 bits per heavy atom. The second kappa shape index (κ2) is 6.19. The fraction of sp³-hybridized carbons (Fsp3) is 0.667. The molecule has 0 radical (unpaired) electrons. The summed E-state index contributed by atoms with van der Waals surface area (Å²) >= 11 is 0. The van der Waals surface area contributed by atoms with Gasteiger partial charge in [-0.3, -0.25) is 4.98 Å². The fourth-order valence-corrected chi connectivity index (χ4v) is 2.69. The molecule has 100 valence electrons. The highest BCUT2D eigenvalue weighted by molar-refractivity contribution is 5.32. The van der Waals surface area contributed by atoms with Crippen LogP contribution in [0.1, 0.15) is 50.3 Å². The first-order valence-corrected chi connectivity index (χ1v) is 6.96. The number of aryl methyl sites for hydroxylation is 1. The smallest absolute Gasteiger partial charge is 0.128 e. The summed E-state index contributed by atoms with van der Waals surface area (Å²) in [6.45, 7) is 4.19. The Bertz CT molecular complexity index is 392. The number of pyridine rings is 1. The Balaban J connectivity index is 2.06. The van der Waals surface area contributed by atoms with Gasteiger partial charge in [-0.2, -0.15) is 0 Å². The average Bonchev–Trinajstić information content (AvgIpc) is 2.39. The van der Waals surface area contributed by atoms with Gasteiger partial charge in [-0.15, -0.1) is 0 Å². The zero-order valence-electron chi connectivity index (χ0n) is 11.4. The van der Waals surface area contributed by atoms with Gasteiger partial charge >= 0.3 is 0 Å². The summed E-state index contributed by atoms with van der Waals surface area (Å²) in [6, 6.07) is 1.93. The first kappa shape index (κ1) is 13.3. The van der Waals surface area contributed by atoms with Gasteiger partial charge in [-0.05, 0) is 32.1 Å². The molecule has 0 spiro atoms. The van der Waals surface area contributed by atoms with Crippen molar-refractivity contribution in [3.63, 3.8) is 0 Å². The summed E-state index contributed by atoms with van der Waals surface area (Å²) < 4.78 is 6.09. The monoisotopic (exact) mass is 249 g/mol. The number of aliphatic hydroxyl groups is 1. The summed E-state index contributed by atoms with van der Waals surface area (Å²) in [5.74, 6) is 1.61. The van der Waals surface area contributed by atoms with E-state index in [1.54, 1.807) is 6.20 Å². The van der Waals surface area contributed by atoms with Crippen LogP contribution >= 0.6 is 0 Å². The number of hydrogen-bond acceptors (Lipinski definition) is 3. The minimum atomic E-state index is -0.00740. The summed E-state index contributed by atoms with van der Waals surface area (Å²) in [7, 11) is 0. The van der Waals surface area contributed by atoms with E-state index in [1.165, 1.54) is 19.3 Å². The lowest BCUT2D eigenvalue weighted by atomic mass is 9.85. The third-order valence-electron chi connectivity index (χ3n) is 3.86. The molecule has 0 aromatic carbocycles. The predicted molar refractivity (Wildman–Crippen MR) is 71.6 cm³/mol. The van der Waals surface area contributed by atoms with Crippen molar-refractivity contribution in [3.05, 3.63) is 23.5 Å². The summed E-state index contributed by atoms with van der Waals surface area (Å²) in [5, 5.41) is 9.32. The van der Waals surface area contributed by atoms with Gasteiger partial charge in [0.15, 0.2) is 0 Å². The molecule has 2 rings (SSSR count). The van der Waals surface area contributed by atoms with Crippen LogP contribution in [-0.4, -0.2) is 16.2 Å². The van der Waals surface area contributed by atoms with Crippen molar-refractivity contribution in [2.45, 2.75) is 58.7 Å². The molecular weight excluding hydrogens is 226 g/mol. The minimum Gasteiger partial charge on any atom is -0.490 e. The number of rotatable bonds is 4. The van der Waals surface area contributed by atoms with Crippen molar-refractivity contribution >= 4 is 0 Å². The van der Waals surface area contributed by atoms with Gasteiger partial charge in [0.2, 0.25) is 0 Å². The van der Waals surface area contributed by atoms with Gasteiger partial charge < -0.3 is 9.84 Å². The van der Waals surface area contributed by atoms with Crippen molar-refractivity contribution in [3.8, 4) is 5.75 Å². The van der Waals surface area contributed by atoms with Crippen LogP contribution in [0.3, 0.4) is 0 Å². The average molecular weight is 249 g/mol. The Kier molecular flexibility index (Phi) is 4.59. The largest absolute Gasteiger partial charge is 0.490 e. The first-order valence-electron chi connectivity index (χ1n) is 6.96. The molecule has 0 saturated heterocycles. The summed E-state index contributed by atoms with van der Waals surface area (Å²) in [5.41, 5.74) is 1.73. The highest BCUT2D eigenvalue weighted by Gasteiger charge is 2.22. The van der Waals surface area contributed by atoms with E-state index >= 15 is 0 Å². The van der Waals surface area contributed by atoms with Crippen molar-refractivity contribution in [2.75, 3.05) is 0 Å². The number of aliphatic hydroxyl groups excluding tert-OH is 1. The molecule has 1 aliphatic carbocycles. The molecule has 1 saturated carbocycles. The van der Waals surface area contributed by atoms with Crippen LogP contribution in [0.25, 0.3) is 0 Å². The molecule has 3 heteroatoms. The van der Waals surface area contributed by atoms with Crippen molar-refractivity contribution < 1.29 is 9.84 Å². The van der Waals surface area contributed by atoms with Gasteiger partial charge in [-0.25, -0.2) is 0 Å². The quantitative estimate of drug-likeness (QED) is 0.890. The van der Waals surface area contributed by atoms with Crippen LogP contribution in [0.15, 0.2) is 12.3 Å². The van der Waals surface area contributed by atoms with Crippen LogP contribution in [0.5, 0.6) is 5.75 Å². The second-order valence-electron chi connectivity index (χ2n) is 5.27. The number of nitrogens with zero attached hydrogens (tertiary/aromatic N) is 1. The van der Waals surface area contributed by atoms with Crippen molar-refractivity contribution in [1.29, 1.82) is 0 Å². The molecule has 1 aromatic rings. The molecule has 1 aliphatic rings. The molecule has 1 heterocycles. The predicted octanol–water partition coefficient (Wildman–Crippen LogP) is 3.23. The number of aromatic nitrogens is 1. The van der Waals surface area contributed by atoms with E-state index < -0.39 is 0 Å². The van der Waals surface area contributed by atoms with Gasteiger partial charge in [0.05, 0.1) is 12.7 Å². The molecule has 0 amide bonds. The molecule has 0 aliphatic heterocycles. The molecule has 18 heavy (non-hydrogen) atoms. The van der Waals surface area contributed by atoms with Gasteiger partial charge in [0.25, 0.3) is 0 Å². The van der Waals surface area contributed by atoms with E-state index in [0.717, 1.165) is 35.8 Å². The second-order valence-corrected chi connectivity index (χ2v) is 5.27. The molecule has 3 nitrogen and oxygen atoms in total. The van der Waals surface area contributed by atoms with Gasteiger partial charge in [0.1, 0.15) is 5.75 Å². The standard InChI is InChI=1S/C15H23NO2/c1-3-12-5-4-6-14(8-12)18-15-7-11(2)16-9-13(15)10-17/h7,9,12,14,17H,3-6,8,10H2,1-2H3. The van der Waals surface area contributed by atoms with E-state index in [4.69, 9.17) is 4.74 Å². The molecule has 0 bridgehead atoms. The normalized spacial score (nSPS) is 23.9. The maximum atomic E-state index is 9.32. The van der Waals surface area contributed by atoms with E-state index in [9.17, 15) is 5.11 Å². The van der Waals surface area contributed by atoms with Crippen molar-refractivity contribution in [2.24, 2.45) is 5.92 Å². The molecular formula is C15H23NO2. The van der Waals surface area contributed by atoms with Crippen LogP contribution in [0, 0.1) is 12.8 Å². The minimum absolute atomic E-state index is 0.00740. The lowest BCUT2D eigenvalue weighted by Gasteiger charge is -2.29. The zero-order valence-corrected chi connectivity index (χ0v) is 11.4. The zero-order chi connectivity index (χ0) is 13.0. The Morgan fingerprint density at radius 3 is 3.00 bits per heavy atom. The SMILES string of the molecule is CCC1CCCC(Oc2cc(C)ncc2CO)C1. The van der Waals surface area contributed by atoms with Crippen molar-refractivity contribution in [1.82, 2.24) is 4.98 Å². The van der Waals surface area contributed by atoms with Crippen LogP contribution in [-0.2, 0) is 6.61 Å². The van der Waals surface area contributed by atoms with Gasteiger partial charge in [0, 0.05) is 23.5 Å². The molecule has 2 atom stereocenters. The van der Waals surface area contributed by atoms with Crippen LogP contribution < -0.4 is 4.74 Å². The third-order valence-corrected chi connectivity index (χ3v) is 3.86. The Labute approximate surface area is 109 Å². The maximum Gasteiger partial charge on any atom is 0.128 e. The Morgan fingerprint density at radius 2 is 2.28 bits per heavy atom. The molecule has 2 unspecified atom stereocenters. The highest BCUT2D eigenvalue weighted by Crippen LogP contribution is 2.30. The van der Waals surface area contributed by atoms with Crippen LogP contribution in [0.4, 0.5) is 0 Å². The molecule has 1 fully saturated rings. The van der Waals surface area contributed by atoms with E-state index in [1.807, 2.05) is 13.0 Å². The highest BCUT2D eigenvalue weighted by atomic mass is 16.5. The van der Waals surface area contributed by atoms with Crippen LogP contribution in [0.2, 0.25) is 0 Å². The number of hydrogen-bond donors (Lipinski definition) is 1. The third kappa shape index (κ3) is 3.22. The van der Waals surface area contributed by atoms with E-state index in [-0.39, 0.29) is 6.61 Å². The van der Waals surface area contributed by atoms with E-state index in [0.29, 0.717) is 6.10 Å². The number of ether oxygens (including phenoxy) is 1. The summed E-state index contributed by atoms with van der Waals surface area (Å²) in [4.78, 5) is 4.19. The topological polar surface area (TPSA) is 42.4 Å². The maximum absolute atomic E-state index is 9.32. The van der Waals surface area contributed by atoms with Gasteiger partial charge in [-0.1, -0.05) is 19.8 Å². The molecule has 1 N–H and O–H groups in total. The lowest BCUT2D eigenvalue weighted by Crippen LogP contribution is -2.25. The fourth-order valence-electron chi connectivity index (χ4n) is 2.69. The van der Waals surface area contributed by atoms with E-state index in [2.05, 4.69) is 11.9 Å².